The van der Waals surface area contributed by atoms with Gasteiger partial charge in [0.25, 0.3) is 5.91 Å². The van der Waals surface area contributed by atoms with Gasteiger partial charge in [0, 0.05) is 12.0 Å². The summed E-state index contributed by atoms with van der Waals surface area (Å²) in [4.78, 5) is 12.2. The molecule has 0 bridgehead atoms. The third-order valence-electron chi connectivity index (χ3n) is 3.37. The molecule has 4 nitrogen and oxygen atoms in total. The summed E-state index contributed by atoms with van der Waals surface area (Å²) in [6, 6.07) is 5.27. The number of hydrogen-bond acceptors (Lipinski definition) is 3. The minimum atomic E-state index is -0.216. The van der Waals surface area contributed by atoms with Crippen LogP contribution in [-0.4, -0.2) is 30.3 Å². The van der Waals surface area contributed by atoms with Crippen molar-refractivity contribution in [3.8, 4) is 5.75 Å². The summed E-state index contributed by atoms with van der Waals surface area (Å²) >= 11 is 0. The van der Waals surface area contributed by atoms with Crippen LogP contribution in [0.25, 0.3) is 0 Å². The number of carbonyl (C=O) groups is 1. The molecular formula is C16H23NO3. The maximum Gasteiger partial charge on any atom is 0.251 e. The molecule has 0 aliphatic carbocycles. The molecule has 110 valence electrons. The van der Waals surface area contributed by atoms with E-state index in [1.165, 1.54) is 0 Å². The maximum absolute atomic E-state index is 12.2. The van der Waals surface area contributed by atoms with Gasteiger partial charge in [-0.05, 0) is 35.6 Å². The number of benzene rings is 1. The minimum absolute atomic E-state index is 0.0446. The van der Waals surface area contributed by atoms with Crippen molar-refractivity contribution in [2.24, 2.45) is 5.41 Å². The van der Waals surface area contributed by atoms with Crippen molar-refractivity contribution < 1.29 is 14.6 Å². The molecule has 1 atom stereocenters. The van der Waals surface area contributed by atoms with E-state index >= 15 is 0 Å². The van der Waals surface area contributed by atoms with Crippen molar-refractivity contribution in [2.75, 3.05) is 13.2 Å². The van der Waals surface area contributed by atoms with Gasteiger partial charge in [0.15, 0.2) is 0 Å². The molecule has 0 spiro atoms. The molecule has 1 heterocycles. The van der Waals surface area contributed by atoms with Crippen molar-refractivity contribution in [2.45, 2.75) is 39.7 Å². The number of nitrogens with one attached hydrogen (secondary N) is 1. The zero-order chi connectivity index (χ0) is 14.8. The molecule has 0 saturated carbocycles. The smallest absolute Gasteiger partial charge is 0.251 e. The van der Waals surface area contributed by atoms with Crippen LogP contribution in [0.1, 0.15) is 43.1 Å². The molecule has 2 rings (SSSR count). The summed E-state index contributed by atoms with van der Waals surface area (Å²) in [7, 11) is 0. The highest BCUT2D eigenvalue weighted by atomic mass is 16.5. The molecule has 1 aliphatic heterocycles. The topological polar surface area (TPSA) is 58.6 Å². The maximum atomic E-state index is 12.2. The van der Waals surface area contributed by atoms with E-state index < -0.39 is 0 Å². The molecule has 1 unspecified atom stereocenters. The third kappa shape index (κ3) is 3.73. The number of fused-ring (bicyclic) bond motifs is 1. The van der Waals surface area contributed by atoms with Gasteiger partial charge >= 0.3 is 0 Å². The number of amides is 1. The molecule has 1 aromatic carbocycles. The van der Waals surface area contributed by atoms with Crippen LogP contribution < -0.4 is 10.1 Å². The lowest BCUT2D eigenvalue weighted by atomic mass is 9.88. The molecule has 1 aliphatic rings. The Bertz CT molecular complexity index is 491. The summed E-state index contributed by atoms with van der Waals surface area (Å²) in [5, 5.41) is 12.3. The predicted molar refractivity (Wildman–Crippen MR) is 78.1 cm³/mol. The number of aliphatic hydroxyl groups is 1. The first kappa shape index (κ1) is 14.9. The van der Waals surface area contributed by atoms with Crippen LogP contribution in [0.2, 0.25) is 0 Å². The van der Waals surface area contributed by atoms with Gasteiger partial charge < -0.3 is 15.2 Å². The Labute approximate surface area is 120 Å². The van der Waals surface area contributed by atoms with Crippen molar-refractivity contribution in [3.05, 3.63) is 29.3 Å². The van der Waals surface area contributed by atoms with Gasteiger partial charge in [0.05, 0.1) is 19.3 Å². The Morgan fingerprint density at radius 3 is 2.85 bits per heavy atom. The second-order valence-electron chi connectivity index (χ2n) is 6.54. The van der Waals surface area contributed by atoms with Crippen LogP contribution in [0.4, 0.5) is 0 Å². The highest BCUT2D eigenvalue weighted by molar-refractivity contribution is 5.94. The lowest BCUT2D eigenvalue weighted by Gasteiger charge is -2.25. The average molecular weight is 277 g/mol. The first-order chi connectivity index (χ1) is 9.39. The van der Waals surface area contributed by atoms with Crippen LogP contribution in [0, 0.1) is 5.41 Å². The van der Waals surface area contributed by atoms with Gasteiger partial charge in [-0.3, -0.25) is 4.79 Å². The summed E-state index contributed by atoms with van der Waals surface area (Å²) in [5.41, 5.74) is 1.77. The van der Waals surface area contributed by atoms with E-state index in [1.54, 1.807) is 6.07 Å². The molecule has 4 heteroatoms. The zero-order valence-electron chi connectivity index (χ0n) is 12.4. The van der Waals surface area contributed by atoms with Gasteiger partial charge in [-0.25, -0.2) is 0 Å². The normalized spacial score (nSPS) is 15.4. The number of carbonyl (C=O) groups excluding carboxylic acids is 1. The lowest BCUT2D eigenvalue weighted by molar-refractivity contribution is 0.0897. The second-order valence-corrected chi connectivity index (χ2v) is 6.54. The SMILES string of the molecule is CC(C)(C)CC(CO)NC(=O)c1ccc2c(c1)CCO2. The van der Waals surface area contributed by atoms with Crippen molar-refractivity contribution in [1.82, 2.24) is 5.32 Å². The molecule has 0 saturated heterocycles. The molecule has 20 heavy (non-hydrogen) atoms. The van der Waals surface area contributed by atoms with E-state index in [9.17, 15) is 9.90 Å². The van der Waals surface area contributed by atoms with Crippen molar-refractivity contribution >= 4 is 5.91 Å². The van der Waals surface area contributed by atoms with E-state index in [2.05, 4.69) is 26.1 Å². The largest absolute Gasteiger partial charge is 0.493 e. The van der Waals surface area contributed by atoms with Crippen molar-refractivity contribution in [1.29, 1.82) is 0 Å². The summed E-state index contributed by atoms with van der Waals surface area (Å²) in [6.45, 7) is 6.92. The van der Waals surface area contributed by atoms with Gasteiger partial charge in [0.1, 0.15) is 5.75 Å². The molecule has 0 aromatic heterocycles. The van der Waals surface area contributed by atoms with Crippen LogP contribution in [0.15, 0.2) is 18.2 Å². The molecular weight excluding hydrogens is 254 g/mol. The van der Waals surface area contributed by atoms with Crippen LogP contribution in [0.3, 0.4) is 0 Å². The summed E-state index contributed by atoms with van der Waals surface area (Å²) in [6.07, 6.45) is 1.59. The molecule has 1 amide bonds. The first-order valence-corrected chi connectivity index (χ1v) is 7.06. The fourth-order valence-electron chi connectivity index (χ4n) is 2.50. The Morgan fingerprint density at radius 1 is 1.45 bits per heavy atom. The average Bonchev–Trinajstić information content (AvgIpc) is 2.83. The van der Waals surface area contributed by atoms with E-state index in [-0.39, 0.29) is 24.0 Å². The second kappa shape index (κ2) is 5.83. The molecule has 1 aromatic rings. The Morgan fingerprint density at radius 2 is 2.20 bits per heavy atom. The summed E-state index contributed by atoms with van der Waals surface area (Å²) in [5.74, 6) is 0.734. The number of rotatable bonds is 4. The lowest BCUT2D eigenvalue weighted by Crippen LogP contribution is -2.40. The van der Waals surface area contributed by atoms with Gasteiger partial charge in [0.2, 0.25) is 0 Å². The van der Waals surface area contributed by atoms with Gasteiger partial charge in [-0.2, -0.15) is 0 Å². The summed E-state index contributed by atoms with van der Waals surface area (Å²) < 4.78 is 5.43. The van der Waals surface area contributed by atoms with E-state index in [1.807, 2.05) is 12.1 Å². The Hall–Kier alpha value is -1.55. The van der Waals surface area contributed by atoms with Crippen LogP contribution in [-0.2, 0) is 6.42 Å². The fraction of sp³-hybridized carbons (Fsp3) is 0.562. The number of hydrogen-bond donors (Lipinski definition) is 2. The van der Waals surface area contributed by atoms with Crippen LogP contribution in [0.5, 0.6) is 5.75 Å². The quantitative estimate of drug-likeness (QED) is 0.886. The van der Waals surface area contributed by atoms with Crippen LogP contribution >= 0.6 is 0 Å². The van der Waals surface area contributed by atoms with E-state index in [0.29, 0.717) is 12.2 Å². The molecule has 0 fully saturated rings. The Kier molecular flexibility index (Phi) is 4.33. The molecule has 0 radical (unpaired) electrons. The third-order valence-corrected chi connectivity index (χ3v) is 3.37. The highest BCUT2D eigenvalue weighted by Gasteiger charge is 2.21. The zero-order valence-corrected chi connectivity index (χ0v) is 12.4. The minimum Gasteiger partial charge on any atom is -0.493 e. The van der Waals surface area contributed by atoms with E-state index in [0.717, 1.165) is 24.2 Å². The van der Waals surface area contributed by atoms with Crippen molar-refractivity contribution in [3.63, 3.8) is 0 Å². The van der Waals surface area contributed by atoms with Gasteiger partial charge in [-0.15, -0.1) is 0 Å². The standard InChI is InChI=1S/C16H23NO3/c1-16(2,3)9-13(10-18)17-15(19)12-4-5-14-11(8-12)6-7-20-14/h4-5,8,13,18H,6-7,9-10H2,1-3H3,(H,17,19). The van der Waals surface area contributed by atoms with E-state index in [4.69, 9.17) is 4.74 Å². The van der Waals surface area contributed by atoms with Gasteiger partial charge in [-0.1, -0.05) is 20.8 Å². The number of aliphatic hydroxyl groups excluding tert-OH is 1. The monoisotopic (exact) mass is 277 g/mol. The Balaban J connectivity index is 2.03. The fourth-order valence-corrected chi connectivity index (χ4v) is 2.50. The number of ether oxygens (including phenoxy) is 1. The predicted octanol–water partition coefficient (Wildman–Crippen LogP) is 2.15. The first-order valence-electron chi connectivity index (χ1n) is 7.06. The highest BCUT2D eigenvalue weighted by Crippen LogP contribution is 2.26. The molecule has 2 N–H and O–H groups in total.